The molecule has 0 aliphatic heterocycles. The van der Waals surface area contributed by atoms with Gasteiger partial charge >= 0.3 is 19.8 Å². The first-order valence-electron chi connectivity index (χ1n) is 23.2. The number of rotatable bonds is 43. The van der Waals surface area contributed by atoms with Gasteiger partial charge in [-0.15, -0.1) is 0 Å². The van der Waals surface area contributed by atoms with Crippen molar-refractivity contribution in [3.05, 3.63) is 60.8 Å². The van der Waals surface area contributed by atoms with Gasteiger partial charge in [0.05, 0.1) is 19.8 Å². The predicted octanol–water partition coefficient (Wildman–Crippen LogP) is 12.7. The van der Waals surface area contributed by atoms with Gasteiger partial charge in [0.25, 0.3) is 0 Å². The van der Waals surface area contributed by atoms with E-state index >= 15 is 0 Å². The molecule has 0 heterocycles. The second kappa shape index (κ2) is 43.7. The summed E-state index contributed by atoms with van der Waals surface area (Å²) in [6.07, 6.45) is 49.1. The first-order chi connectivity index (χ1) is 28.7. The zero-order valence-corrected chi connectivity index (χ0v) is 38.1. The highest BCUT2D eigenvalue weighted by molar-refractivity contribution is 7.47. The largest absolute Gasteiger partial charge is 0.472 e. The van der Waals surface area contributed by atoms with Crippen LogP contribution >= 0.6 is 7.82 Å². The van der Waals surface area contributed by atoms with Gasteiger partial charge in [0.2, 0.25) is 0 Å². The van der Waals surface area contributed by atoms with E-state index in [9.17, 15) is 24.2 Å². The molecule has 0 fully saturated rings. The van der Waals surface area contributed by atoms with Gasteiger partial charge in [-0.25, -0.2) is 4.57 Å². The molecule has 0 amide bonds. The quantitative estimate of drug-likeness (QED) is 0.0234. The van der Waals surface area contributed by atoms with Gasteiger partial charge in [-0.2, -0.15) is 0 Å². The molecule has 0 saturated heterocycles. The summed E-state index contributed by atoms with van der Waals surface area (Å²) in [6, 6.07) is 0. The Labute approximate surface area is 359 Å². The van der Waals surface area contributed by atoms with Crippen LogP contribution in [0.1, 0.15) is 194 Å². The number of unbranched alkanes of at least 4 members (excludes halogenated alkanes) is 19. The number of ether oxygens (including phenoxy) is 2. The second-order valence-corrected chi connectivity index (χ2v) is 16.9. The van der Waals surface area contributed by atoms with Crippen molar-refractivity contribution in [2.24, 2.45) is 0 Å². The monoisotopic (exact) mass is 853 g/mol. The average molecular weight is 853 g/mol. The maximum atomic E-state index is 12.6. The summed E-state index contributed by atoms with van der Waals surface area (Å²) < 4.78 is 32.7. The lowest BCUT2D eigenvalue weighted by Gasteiger charge is -2.20. The van der Waals surface area contributed by atoms with E-state index in [1.54, 1.807) is 0 Å². The van der Waals surface area contributed by atoms with Crippen LogP contribution in [0, 0.1) is 0 Å². The summed E-state index contributed by atoms with van der Waals surface area (Å²) in [5.41, 5.74) is 0. The Morgan fingerprint density at radius 3 is 1.41 bits per heavy atom. The number of hydrogen-bond acceptors (Lipinski definition) is 9. The van der Waals surface area contributed by atoms with E-state index in [0.717, 1.165) is 44.9 Å². The van der Waals surface area contributed by atoms with Crippen molar-refractivity contribution in [1.82, 2.24) is 0 Å². The highest BCUT2D eigenvalue weighted by Gasteiger charge is 2.27. The van der Waals surface area contributed by atoms with Crippen LogP contribution in [0.4, 0.5) is 0 Å². The molecule has 59 heavy (non-hydrogen) atoms. The fraction of sp³-hybridized carbons (Fsp3) is 0.750. The lowest BCUT2D eigenvalue weighted by Crippen LogP contribution is -2.29. The molecule has 3 N–H and O–H groups in total. The molecule has 0 aliphatic rings. The van der Waals surface area contributed by atoms with Gasteiger partial charge in [-0.05, 0) is 77.0 Å². The normalized spacial score (nSPS) is 14.3. The molecule has 0 spiro atoms. The van der Waals surface area contributed by atoms with Crippen molar-refractivity contribution in [3.63, 3.8) is 0 Å². The molecule has 342 valence electrons. The van der Waals surface area contributed by atoms with Crippen LogP contribution in [-0.4, -0.2) is 65.7 Å². The number of phosphoric ester groups is 1. The number of phosphoric acid groups is 1. The second-order valence-electron chi connectivity index (χ2n) is 15.4. The van der Waals surface area contributed by atoms with Crippen LogP contribution in [0.2, 0.25) is 0 Å². The molecule has 10 nitrogen and oxygen atoms in total. The van der Waals surface area contributed by atoms with E-state index < -0.39 is 51.8 Å². The maximum Gasteiger partial charge on any atom is 0.472 e. The van der Waals surface area contributed by atoms with Crippen LogP contribution < -0.4 is 0 Å². The Morgan fingerprint density at radius 2 is 0.898 bits per heavy atom. The van der Waals surface area contributed by atoms with Crippen LogP contribution in [0.5, 0.6) is 0 Å². The Balaban J connectivity index is 4.37. The standard InChI is InChI=1S/C48H85O10P/c1-3-5-7-9-11-13-15-17-19-20-21-22-23-24-26-28-30-32-34-36-38-40-48(52)58-46(44-57-59(53,54)56-42-45(50)41-49)43-55-47(51)39-37-35-33-31-29-27-25-18-16-14-12-10-8-6-4-2/h14,16,19-20,22-23,26,28,32,34,45-46,49-50H,3-13,15,17-18,21,24-25,27,29-31,33,35-44H2,1-2H3,(H,53,54)/b16-14+,20-19+,23-22+,28-26+,34-32+/t45-,46+/m0/s1. The highest BCUT2D eigenvalue weighted by atomic mass is 31.2. The van der Waals surface area contributed by atoms with E-state index in [4.69, 9.17) is 19.1 Å². The molecule has 0 saturated carbocycles. The maximum absolute atomic E-state index is 12.6. The molecule has 0 aromatic rings. The molecule has 0 aromatic carbocycles. The van der Waals surface area contributed by atoms with Crippen LogP contribution in [0.25, 0.3) is 0 Å². The van der Waals surface area contributed by atoms with E-state index in [2.05, 4.69) is 73.1 Å². The van der Waals surface area contributed by atoms with E-state index in [1.807, 2.05) is 6.08 Å². The number of aliphatic hydroxyl groups excluding tert-OH is 2. The van der Waals surface area contributed by atoms with Crippen molar-refractivity contribution >= 4 is 19.8 Å². The van der Waals surface area contributed by atoms with Crippen LogP contribution in [0.15, 0.2) is 60.8 Å². The first kappa shape index (κ1) is 56.7. The molecule has 0 aliphatic carbocycles. The molecule has 0 rings (SSSR count). The Morgan fingerprint density at radius 1 is 0.508 bits per heavy atom. The van der Waals surface area contributed by atoms with Crippen molar-refractivity contribution in [2.75, 3.05) is 26.4 Å². The summed E-state index contributed by atoms with van der Waals surface area (Å²) >= 11 is 0. The third kappa shape index (κ3) is 43.6. The zero-order chi connectivity index (χ0) is 43.3. The molecule has 0 aromatic heterocycles. The molecule has 1 unspecified atom stereocenters. The summed E-state index contributed by atoms with van der Waals surface area (Å²) in [7, 11) is -4.64. The topological polar surface area (TPSA) is 149 Å². The molecule has 11 heteroatoms. The number of allylic oxidation sites excluding steroid dienone is 10. The number of carbonyl (C=O) groups excluding carboxylic acids is 2. The van der Waals surface area contributed by atoms with Gasteiger partial charge in [0, 0.05) is 12.8 Å². The molecule has 3 atom stereocenters. The number of esters is 2. The fourth-order valence-corrected chi connectivity index (χ4v) is 6.83. The van der Waals surface area contributed by atoms with E-state index in [-0.39, 0.29) is 19.4 Å². The van der Waals surface area contributed by atoms with Crippen LogP contribution in [0.3, 0.4) is 0 Å². The minimum atomic E-state index is -4.64. The predicted molar refractivity (Wildman–Crippen MR) is 242 cm³/mol. The van der Waals surface area contributed by atoms with Gasteiger partial charge in [0.15, 0.2) is 6.10 Å². The summed E-state index contributed by atoms with van der Waals surface area (Å²) in [6.45, 7) is 2.30. The Bertz CT molecular complexity index is 1160. The van der Waals surface area contributed by atoms with E-state index in [0.29, 0.717) is 19.3 Å². The van der Waals surface area contributed by atoms with Crippen LogP contribution in [-0.2, 0) is 32.7 Å². The third-order valence-electron chi connectivity index (χ3n) is 9.64. The molecular formula is C48H85O10P. The van der Waals surface area contributed by atoms with Gasteiger partial charge in [-0.1, -0.05) is 164 Å². The smallest absolute Gasteiger partial charge is 0.462 e. The molecule has 0 bridgehead atoms. The van der Waals surface area contributed by atoms with Crippen molar-refractivity contribution in [3.8, 4) is 0 Å². The SMILES string of the molecule is CCCCCC/C=C/CCCCCCCCCC(=O)OC[C@H](COP(=O)(O)OC[C@@H](O)CO)OC(=O)CCC/C=C/C/C=C/C/C=C/C/C=C/CCCCCCCCC. The minimum Gasteiger partial charge on any atom is -0.462 e. The number of carbonyl (C=O) groups is 2. The molecular weight excluding hydrogens is 767 g/mol. The summed E-state index contributed by atoms with van der Waals surface area (Å²) in [5.74, 6) is -0.996. The van der Waals surface area contributed by atoms with Crippen molar-refractivity contribution in [1.29, 1.82) is 0 Å². The Kier molecular flexibility index (Phi) is 42.0. The summed E-state index contributed by atoms with van der Waals surface area (Å²) in [4.78, 5) is 35.0. The molecule has 0 radical (unpaired) electrons. The summed E-state index contributed by atoms with van der Waals surface area (Å²) in [5, 5.41) is 18.3. The third-order valence-corrected chi connectivity index (χ3v) is 10.6. The first-order valence-corrected chi connectivity index (χ1v) is 24.7. The van der Waals surface area contributed by atoms with E-state index in [1.165, 1.54) is 103 Å². The van der Waals surface area contributed by atoms with Crippen molar-refractivity contribution in [2.45, 2.75) is 206 Å². The van der Waals surface area contributed by atoms with Gasteiger partial charge in [0.1, 0.15) is 12.7 Å². The minimum absolute atomic E-state index is 0.106. The van der Waals surface area contributed by atoms with Gasteiger partial charge < -0.3 is 24.6 Å². The van der Waals surface area contributed by atoms with Gasteiger partial charge in [-0.3, -0.25) is 18.6 Å². The average Bonchev–Trinajstić information content (AvgIpc) is 3.22. The van der Waals surface area contributed by atoms with Crippen molar-refractivity contribution < 1.29 is 47.8 Å². The number of hydrogen-bond donors (Lipinski definition) is 3. The Hall–Kier alpha value is -2.33. The lowest BCUT2D eigenvalue weighted by molar-refractivity contribution is -0.161. The zero-order valence-electron chi connectivity index (χ0n) is 37.2. The lowest BCUT2D eigenvalue weighted by atomic mass is 10.1. The fourth-order valence-electron chi connectivity index (χ4n) is 6.04. The number of aliphatic hydroxyl groups is 2. The highest BCUT2D eigenvalue weighted by Crippen LogP contribution is 2.43.